The molecule has 8 nitrogen and oxygen atoms in total. The molecular formula is C24H29F2N3O5S2. The molecule has 36 heavy (non-hydrogen) atoms. The van der Waals surface area contributed by atoms with Crippen molar-refractivity contribution in [1.82, 2.24) is 15.1 Å². The summed E-state index contributed by atoms with van der Waals surface area (Å²) in [6.07, 6.45) is 0.0413. The van der Waals surface area contributed by atoms with E-state index in [1.807, 2.05) is 6.92 Å². The number of hydrogen-bond donors (Lipinski definition) is 2. The van der Waals surface area contributed by atoms with Crippen molar-refractivity contribution in [3.63, 3.8) is 0 Å². The fourth-order valence-corrected chi connectivity index (χ4v) is 7.58. The van der Waals surface area contributed by atoms with Gasteiger partial charge in [0.2, 0.25) is 17.6 Å². The van der Waals surface area contributed by atoms with Crippen LogP contribution in [0.15, 0.2) is 28.1 Å². The van der Waals surface area contributed by atoms with E-state index >= 15 is 0 Å². The zero-order valence-electron chi connectivity index (χ0n) is 20.4. The van der Waals surface area contributed by atoms with Gasteiger partial charge in [0, 0.05) is 43.1 Å². The van der Waals surface area contributed by atoms with E-state index in [1.54, 1.807) is 21.0 Å². The molecule has 0 aliphatic carbocycles. The maximum atomic E-state index is 14.6. The Balaban J connectivity index is 1.47. The van der Waals surface area contributed by atoms with E-state index in [0.717, 1.165) is 11.3 Å². The van der Waals surface area contributed by atoms with Gasteiger partial charge in [0.05, 0.1) is 22.9 Å². The minimum Gasteiger partial charge on any atom is -0.477 e. The summed E-state index contributed by atoms with van der Waals surface area (Å²) in [4.78, 5) is 53.0. The molecule has 12 heteroatoms. The van der Waals surface area contributed by atoms with Crippen molar-refractivity contribution >= 4 is 46.7 Å². The summed E-state index contributed by atoms with van der Waals surface area (Å²) < 4.78 is 29.2. The van der Waals surface area contributed by atoms with Gasteiger partial charge < -0.3 is 20.2 Å². The molecule has 2 saturated heterocycles. The predicted molar refractivity (Wildman–Crippen MR) is 131 cm³/mol. The van der Waals surface area contributed by atoms with E-state index in [4.69, 9.17) is 0 Å². The maximum absolute atomic E-state index is 14.6. The van der Waals surface area contributed by atoms with Crippen molar-refractivity contribution in [2.45, 2.75) is 49.9 Å². The number of carbonyl (C=O) groups excluding carboxylic acids is 3. The highest BCUT2D eigenvalue weighted by atomic mass is 32.2. The number of halogens is 2. The molecule has 4 heterocycles. The quantitative estimate of drug-likeness (QED) is 0.463. The predicted octanol–water partition coefficient (Wildman–Crippen LogP) is 2.76. The van der Waals surface area contributed by atoms with Crippen LogP contribution in [0.25, 0.3) is 0 Å². The van der Waals surface area contributed by atoms with Crippen LogP contribution in [0.2, 0.25) is 0 Å². The van der Waals surface area contributed by atoms with Gasteiger partial charge >= 0.3 is 11.9 Å². The molecule has 0 radical (unpaired) electrons. The number of thioether (sulfide) groups is 1. The normalized spacial score (nSPS) is 28.7. The van der Waals surface area contributed by atoms with Crippen LogP contribution in [0.1, 0.15) is 31.6 Å². The Bertz CT molecular complexity index is 1110. The van der Waals surface area contributed by atoms with Crippen LogP contribution in [-0.2, 0) is 25.1 Å². The second-order valence-corrected chi connectivity index (χ2v) is 12.1. The Labute approximate surface area is 216 Å². The van der Waals surface area contributed by atoms with Gasteiger partial charge in [-0.3, -0.25) is 14.4 Å². The number of carboxylic acid groups (broad SMARTS) is 1. The monoisotopic (exact) mass is 541 g/mol. The smallest absolute Gasteiger partial charge is 0.353 e. The first-order valence-corrected chi connectivity index (χ1v) is 13.5. The van der Waals surface area contributed by atoms with Crippen molar-refractivity contribution in [3.05, 3.63) is 33.0 Å². The Kier molecular flexibility index (Phi) is 7.33. The Morgan fingerprint density at radius 3 is 2.64 bits per heavy atom. The number of rotatable bonds is 9. The van der Waals surface area contributed by atoms with Crippen LogP contribution < -0.4 is 5.32 Å². The number of aliphatic carboxylic acids is 1. The molecule has 2 amide bonds. The number of hydrogen-bond acceptors (Lipinski definition) is 7. The third-order valence-corrected chi connectivity index (χ3v) is 9.67. The van der Waals surface area contributed by atoms with Crippen molar-refractivity contribution < 1.29 is 33.1 Å². The summed E-state index contributed by atoms with van der Waals surface area (Å²) in [6, 6.07) is 1.81. The number of Topliss-reactive ketones (excluding diaryl/α,β-unsaturated/α-hetero) is 1. The van der Waals surface area contributed by atoms with E-state index in [0.29, 0.717) is 17.9 Å². The molecule has 0 aromatic carbocycles. The Morgan fingerprint density at radius 2 is 2.06 bits per heavy atom. The van der Waals surface area contributed by atoms with E-state index in [-0.39, 0.29) is 33.7 Å². The van der Waals surface area contributed by atoms with Gasteiger partial charge in [0.15, 0.2) is 0 Å². The first kappa shape index (κ1) is 26.7. The molecule has 1 aromatic rings. The lowest BCUT2D eigenvalue weighted by Gasteiger charge is -2.47. The summed E-state index contributed by atoms with van der Waals surface area (Å²) >= 11 is 2.16. The second kappa shape index (κ2) is 9.86. The highest BCUT2D eigenvalue weighted by molar-refractivity contribution is 8.03. The van der Waals surface area contributed by atoms with E-state index in [1.165, 1.54) is 39.1 Å². The summed E-state index contributed by atoms with van der Waals surface area (Å²) in [5.74, 6) is -8.33. The van der Waals surface area contributed by atoms with Gasteiger partial charge in [0.25, 0.3) is 0 Å². The van der Waals surface area contributed by atoms with Crippen molar-refractivity contribution in [1.29, 1.82) is 0 Å². The lowest BCUT2D eigenvalue weighted by atomic mass is 9.73. The lowest BCUT2D eigenvalue weighted by Crippen LogP contribution is -2.62. The molecule has 196 valence electrons. The first-order chi connectivity index (χ1) is 16.9. The molecule has 3 aliphatic heterocycles. The summed E-state index contributed by atoms with van der Waals surface area (Å²) in [5.41, 5.74) is -0.0800. The highest BCUT2D eigenvalue weighted by Gasteiger charge is 2.60. The van der Waals surface area contributed by atoms with Gasteiger partial charge in [0.1, 0.15) is 5.70 Å². The highest BCUT2D eigenvalue weighted by Crippen LogP contribution is 2.53. The van der Waals surface area contributed by atoms with Crippen LogP contribution in [0.5, 0.6) is 0 Å². The zero-order chi connectivity index (χ0) is 26.5. The number of carboxylic acids is 1. The molecular weight excluding hydrogens is 512 g/mol. The van der Waals surface area contributed by atoms with Crippen LogP contribution >= 0.6 is 23.1 Å². The number of β-lactam (4-membered cyclic amide) rings is 1. The van der Waals surface area contributed by atoms with Crippen molar-refractivity contribution in [2.24, 2.45) is 17.8 Å². The van der Waals surface area contributed by atoms with E-state index in [2.05, 4.69) is 5.32 Å². The van der Waals surface area contributed by atoms with Gasteiger partial charge in [-0.15, -0.1) is 23.1 Å². The molecule has 6 atom stereocenters. The average Bonchev–Trinajstić information content (AvgIpc) is 3.54. The molecule has 3 aliphatic rings. The van der Waals surface area contributed by atoms with Crippen LogP contribution in [-0.4, -0.2) is 76.4 Å². The summed E-state index contributed by atoms with van der Waals surface area (Å²) in [5, 5.41) is 14.5. The Morgan fingerprint density at radius 1 is 1.36 bits per heavy atom. The third kappa shape index (κ3) is 4.47. The minimum absolute atomic E-state index is 0.0538. The summed E-state index contributed by atoms with van der Waals surface area (Å²) in [6.45, 7) is 3.94. The largest absolute Gasteiger partial charge is 0.477 e. The number of carbonyl (C=O) groups is 4. The number of nitrogens with one attached hydrogen (secondary N) is 1. The fraction of sp³-hybridized carbons (Fsp3) is 0.583. The number of amides is 2. The number of ketones is 1. The molecule has 0 bridgehead atoms. The van der Waals surface area contributed by atoms with Crippen LogP contribution in [0, 0.1) is 17.8 Å². The minimum atomic E-state index is -3.63. The third-order valence-electron chi connectivity index (χ3n) is 7.22. The molecule has 0 spiro atoms. The number of nitrogens with zero attached hydrogens (tertiary/aromatic N) is 2. The fourth-order valence-electron chi connectivity index (χ4n) is 5.38. The molecule has 1 aromatic heterocycles. The molecule has 4 rings (SSSR count). The number of likely N-dealkylation sites (N-methyl/N-ethyl adjacent to an activating group) is 1. The standard InChI is InChI=1S/C24H29F2N3O5S2/c1-11(8-15(30)24(25,26)16-6-5-7-35-16)17-18-12(2)20(19(23(33)34)29(18)22(17)32)36-13-9-14(27-10-13)21(31)28(3)4/h5-7,11-14,17-18,27H,8-10H2,1-4H3,(H,33,34)/t11-,12+,13-,14-,17+,18+/m0/s1. The topological polar surface area (TPSA) is 107 Å². The summed E-state index contributed by atoms with van der Waals surface area (Å²) in [7, 11) is 3.35. The first-order valence-electron chi connectivity index (χ1n) is 11.7. The average molecular weight is 542 g/mol. The SMILES string of the molecule is C[C@@H](CC(=O)C(F)(F)c1cccs1)[C@H]1C(=O)N2C(C(=O)O)=C(S[C@@H]3CN[C@H](C(=O)N(C)C)C3)[C@H](C)[C@H]12. The molecule has 0 unspecified atom stereocenters. The van der Waals surface area contributed by atoms with Gasteiger partial charge in [-0.05, 0) is 23.8 Å². The van der Waals surface area contributed by atoms with Crippen molar-refractivity contribution in [3.8, 4) is 0 Å². The number of fused-ring (bicyclic) bond motifs is 1. The molecule has 2 N–H and O–H groups in total. The number of thiophene rings is 1. The van der Waals surface area contributed by atoms with Gasteiger partial charge in [-0.2, -0.15) is 8.78 Å². The Hall–Kier alpha value is -2.31. The van der Waals surface area contributed by atoms with Crippen molar-refractivity contribution in [2.75, 3.05) is 20.6 Å². The van der Waals surface area contributed by atoms with E-state index in [9.17, 15) is 33.1 Å². The van der Waals surface area contributed by atoms with Crippen LogP contribution in [0.4, 0.5) is 8.78 Å². The lowest BCUT2D eigenvalue weighted by molar-refractivity contribution is -0.161. The number of alkyl halides is 2. The second-order valence-electron chi connectivity index (χ2n) is 9.86. The van der Waals surface area contributed by atoms with Crippen LogP contribution in [0.3, 0.4) is 0 Å². The molecule has 0 saturated carbocycles. The van der Waals surface area contributed by atoms with E-state index < -0.39 is 47.9 Å². The molecule has 2 fully saturated rings. The zero-order valence-corrected chi connectivity index (χ0v) is 22.0. The van der Waals surface area contributed by atoms with Gasteiger partial charge in [-0.1, -0.05) is 19.9 Å². The van der Waals surface area contributed by atoms with Gasteiger partial charge in [-0.25, -0.2) is 4.79 Å². The maximum Gasteiger partial charge on any atom is 0.353 e.